The van der Waals surface area contributed by atoms with Crippen molar-refractivity contribution in [1.82, 2.24) is 15.6 Å². The molecule has 0 fully saturated rings. The Kier molecular flexibility index (Phi) is 11.1. The maximum absolute atomic E-state index is 12.7. The highest BCUT2D eigenvalue weighted by atomic mass is 16.5. The predicted octanol–water partition coefficient (Wildman–Crippen LogP) is 1.84. The molecule has 0 spiro atoms. The Labute approximate surface area is 211 Å². The second kappa shape index (κ2) is 13.7. The average Bonchev–Trinajstić information content (AvgIpc) is 3.25. The molecule has 4 N–H and O–H groups in total. The van der Waals surface area contributed by atoms with Gasteiger partial charge in [0.25, 0.3) is 5.91 Å². The number of oxazole rings is 1. The number of cyclic esters (lactones) is 1. The number of nitrogens with zero attached hydrogens (tertiary/aromatic N) is 1. The Bertz CT molecular complexity index is 995. The summed E-state index contributed by atoms with van der Waals surface area (Å²) in [5.41, 5.74) is 0.719. The van der Waals surface area contributed by atoms with E-state index in [0.29, 0.717) is 0 Å². The number of nitrogens with one attached hydrogen (secondary N) is 2. The van der Waals surface area contributed by atoms with E-state index in [4.69, 9.17) is 9.15 Å². The van der Waals surface area contributed by atoms with E-state index in [1.165, 1.54) is 13.0 Å². The predicted molar refractivity (Wildman–Crippen MR) is 133 cm³/mol. The fourth-order valence-electron chi connectivity index (χ4n) is 3.73. The number of aromatic nitrogens is 1. The average molecular weight is 504 g/mol. The molecule has 2 bridgehead atoms. The van der Waals surface area contributed by atoms with Crippen LogP contribution in [0.1, 0.15) is 57.4 Å². The maximum atomic E-state index is 12.7. The Morgan fingerprint density at radius 2 is 1.86 bits per heavy atom. The first-order valence-electron chi connectivity index (χ1n) is 12.1. The quantitative estimate of drug-likeness (QED) is 0.424. The minimum absolute atomic E-state index is 0.00233. The smallest absolute Gasteiger partial charge is 0.328 e. The van der Waals surface area contributed by atoms with E-state index < -0.39 is 36.2 Å². The summed E-state index contributed by atoms with van der Waals surface area (Å²) in [6.45, 7) is 9.24. The number of allylic oxidation sites excluding steroid dienone is 2. The lowest BCUT2D eigenvalue weighted by Crippen LogP contribution is -2.42. The first-order valence-corrected chi connectivity index (χ1v) is 12.1. The highest BCUT2D eigenvalue weighted by Gasteiger charge is 2.28. The zero-order chi connectivity index (χ0) is 26.8. The van der Waals surface area contributed by atoms with E-state index >= 15 is 0 Å². The zero-order valence-corrected chi connectivity index (χ0v) is 21.4. The third kappa shape index (κ3) is 9.43. The van der Waals surface area contributed by atoms with Crippen LogP contribution in [0.2, 0.25) is 0 Å². The van der Waals surface area contributed by atoms with Gasteiger partial charge in [0.1, 0.15) is 18.4 Å². The molecule has 1 aliphatic heterocycles. The van der Waals surface area contributed by atoms with Crippen LogP contribution in [-0.4, -0.2) is 63.9 Å². The largest absolute Gasteiger partial charge is 0.460 e. The number of rotatable bonds is 1. The Hall–Kier alpha value is -3.24. The number of hydrogen-bond donors (Lipinski definition) is 4. The second-order valence-electron chi connectivity index (χ2n) is 9.40. The van der Waals surface area contributed by atoms with Crippen molar-refractivity contribution in [2.75, 3.05) is 6.54 Å². The first-order chi connectivity index (χ1) is 17.0. The van der Waals surface area contributed by atoms with Gasteiger partial charge in [0.05, 0.1) is 18.6 Å². The molecule has 1 aromatic rings. The molecule has 1 aromatic heterocycles. The van der Waals surface area contributed by atoms with Crippen molar-refractivity contribution in [3.8, 4) is 0 Å². The van der Waals surface area contributed by atoms with E-state index in [1.807, 2.05) is 20.8 Å². The number of fused-ring (bicyclic) bond motifs is 2. The van der Waals surface area contributed by atoms with Crippen LogP contribution in [-0.2, 0) is 20.7 Å². The van der Waals surface area contributed by atoms with Gasteiger partial charge in [-0.15, -0.1) is 0 Å². The number of aliphatic hydroxyl groups excluding tert-OH is 2. The minimum Gasteiger partial charge on any atom is -0.460 e. The van der Waals surface area contributed by atoms with Crippen LogP contribution < -0.4 is 10.6 Å². The van der Waals surface area contributed by atoms with E-state index in [0.717, 1.165) is 11.8 Å². The lowest BCUT2D eigenvalue weighted by Gasteiger charge is -2.27. The van der Waals surface area contributed by atoms with Gasteiger partial charge in [0.2, 0.25) is 5.91 Å². The Balaban J connectivity index is 2.24. The second-order valence-corrected chi connectivity index (χ2v) is 9.40. The lowest BCUT2D eigenvalue weighted by molar-refractivity contribution is -0.155. The molecule has 10 heteroatoms. The molecule has 10 nitrogen and oxygen atoms in total. The van der Waals surface area contributed by atoms with Gasteiger partial charge >= 0.3 is 5.97 Å². The number of carbonyl (C=O) groups excluding carboxylic acids is 3. The highest BCUT2D eigenvalue weighted by Crippen LogP contribution is 2.19. The SMILES string of the molecule is CC1=C\C(O)CC(O)Cc2nc(co2)C(=O)NC(C)C(=O)OC(C(C)C)C(C)C=CC(=O)NC\C=C\1. The molecule has 198 valence electrons. The maximum Gasteiger partial charge on any atom is 0.328 e. The zero-order valence-electron chi connectivity index (χ0n) is 21.4. The van der Waals surface area contributed by atoms with Crippen molar-refractivity contribution in [3.05, 3.63) is 53.8 Å². The van der Waals surface area contributed by atoms with Crippen molar-refractivity contribution < 1.29 is 33.8 Å². The van der Waals surface area contributed by atoms with Crippen molar-refractivity contribution in [2.45, 2.75) is 71.8 Å². The summed E-state index contributed by atoms with van der Waals surface area (Å²) in [7, 11) is 0. The number of carbonyl (C=O) groups is 3. The molecular weight excluding hydrogens is 466 g/mol. The number of ether oxygens (including phenoxy) is 1. The van der Waals surface area contributed by atoms with Gasteiger partial charge < -0.3 is 30.0 Å². The van der Waals surface area contributed by atoms with E-state index in [9.17, 15) is 24.6 Å². The summed E-state index contributed by atoms with van der Waals surface area (Å²) in [6.07, 6.45) is 6.98. The highest BCUT2D eigenvalue weighted by molar-refractivity contribution is 5.94. The van der Waals surface area contributed by atoms with E-state index in [-0.39, 0.29) is 48.7 Å². The number of esters is 1. The molecule has 0 saturated heterocycles. The van der Waals surface area contributed by atoms with Gasteiger partial charge in [0, 0.05) is 18.9 Å². The van der Waals surface area contributed by atoms with E-state index in [2.05, 4.69) is 15.6 Å². The first kappa shape index (κ1) is 29.0. The summed E-state index contributed by atoms with van der Waals surface area (Å²) in [5, 5.41) is 25.8. The van der Waals surface area contributed by atoms with Crippen LogP contribution in [0.25, 0.3) is 0 Å². The third-order valence-electron chi connectivity index (χ3n) is 5.62. The van der Waals surface area contributed by atoms with Crippen LogP contribution in [0.3, 0.4) is 0 Å². The normalized spacial score (nSPS) is 30.1. The molecule has 0 aliphatic carbocycles. The van der Waals surface area contributed by atoms with Crippen LogP contribution in [0.15, 0.2) is 46.6 Å². The van der Waals surface area contributed by atoms with Gasteiger partial charge in [-0.1, -0.05) is 50.6 Å². The van der Waals surface area contributed by atoms with Crippen molar-refractivity contribution in [2.24, 2.45) is 11.8 Å². The van der Waals surface area contributed by atoms with Crippen LogP contribution in [0.4, 0.5) is 0 Å². The van der Waals surface area contributed by atoms with Crippen LogP contribution in [0.5, 0.6) is 0 Å². The van der Waals surface area contributed by atoms with Gasteiger partial charge in [-0.05, 0) is 25.8 Å². The van der Waals surface area contributed by atoms with Gasteiger partial charge in [-0.3, -0.25) is 9.59 Å². The summed E-state index contributed by atoms with van der Waals surface area (Å²) >= 11 is 0. The molecule has 2 amide bonds. The van der Waals surface area contributed by atoms with E-state index in [1.54, 1.807) is 31.2 Å². The molecule has 5 atom stereocenters. The monoisotopic (exact) mass is 503 g/mol. The fourth-order valence-corrected chi connectivity index (χ4v) is 3.73. The van der Waals surface area contributed by atoms with Crippen LogP contribution >= 0.6 is 0 Å². The molecule has 2 heterocycles. The Morgan fingerprint density at radius 1 is 1.14 bits per heavy atom. The molecule has 2 rings (SSSR count). The summed E-state index contributed by atoms with van der Waals surface area (Å²) in [6, 6.07) is -0.956. The molecule has 5 unspecified atom stereocenters. The Morgan fingerprint density at radius 3 is 2.56 bits per heavy atom. The molecule has 36 heavy (non-hydrogen) atoms. The summed E-state index contributed by atoms with van der Waals surface area (Å²) in [5.74, 6) is -1.70. The molecule has 0 saturated carbocycles. The minimum atomic E-state index is -0.959. The number of hydrogen-bond acceptors (Lipinski definition) is 8. The lowest BCUT2D eigenvalue weighted by atomic mass is 9.94. The van der Waals surface area contributed by atoms with Gasteiger partial charge in [-0.25, -0.2) is 9.78 Å². The van der Waals surface area contributed by atoms with Gasteiger partial charge in [0.15, 0.2) is 11.6 Å². The third-order valence-corrected chi connectivity index (χ3v) is 5.62. The van der Waals surface area contributed by atoms with Crippen molar-refractivity contribution >= 4 is 17.8 Å². The van der Waals surface area contributed by atoms with Crippen LogP contribution in [0, 0.1) is 11.8 Å². The topological polar surface area (TPSA) is 151 Å². The van der Waals surface area contributed by atoms with Gasteiger partial charge in [-0.2, -0.15) is 0 Å². The molecular formula is C26H37N3O7. The number of amides is 2. The summed E-state index contributed by atoms with van der Waals surface area (Å²) in [4.78, 5) is 41.5. The van der Waals surface area contributed by atoms with Crippen molar-refractivity contribution in [1.29, 1.82) is 0 Å². The standard InChI is InChI=1S/C26H37N3O7/c1-15(2)24-17(4)8-9-22(32)27-10-6-7-16(3)11-19(30)12-20(31)13-23-29-21(14-35-23)25(33)28-18(5)26(34)36-24/h6-9,11,14-15,17-20,24,30-31H,10,12-13H2,1-5H3,(H,27,32)(H,28,33)/b7-6+,9-8?,16-11+. The molecule has 1 aliphatic rings. The van der Waals surface area contributed by atoms with Crippen molar-refractivity contribution in [3.63, 3.8) is 0 Å². The number of aliphatic hydroxyl groups is 2. The molecule has 0 radical (unpaired) electrons. The summed E-state index contributed by atoms with van der Waals surface area (Å²) < 4.78 is 10.9. The fraction of sp³-hybridized carbons (Fsp3) is 0.538. The molecule has 0 aromatic carbocycles.